The molecule has 3 nitrogen and oxygen atoms in total. The quantitative estimate of drug-likeness (QED) is 0.781. The van der Waals surface area contributed by atoms with Gasteiger partial charge in [-0.05, 0) is 38.0 Å². The van der Waals surface area contributed by atoms with Gasteiger partial charge in [-0.1, -0.05) is 31.4 Å². The first-order chi connectivity index (χ1) is 9.78. The maximum Gasteiger partial charge on any atom is 0.134 e. The van der Waals surface area contributed by atoms with E-state index >= 15 is 0 Å². The number of nitrogens with zero attached hydrogens (tertiary/aromatic N) is 3. The minimum absolute atomic E-state index is 0.594. The van der Waals surface area contributed by atoms with E-state index < -0.39 is 0 Å². The van der Waals surface area contributed by atoms with Gasteiger partial charge in [0, 0.05) is 25.1 Å². The van der Waals surface area contributed by atoms with Crippen LogP contribution in [0.25, 0.3) is 0 Å². The Morgan fingerprint density at radius 1 is 1.20 bits per heavy atom. The predicted octanol–water partition coefficient (Wildman–Crippen LogP) is 4.24. The van der Waals surface area contributed by atoms with Gasteiger partial charge < -0.3 is 4.90 Å². The van der Waals surface area contributed by atoms with Crippen molar-refractivity contribution in [3.05, 3.63) is 17.0 Å². The van der Waals surface area contributed by atoms with Crippen LogP contribution in [0.5, 0.6) is 0 Å². The Balaban J connectivity index is 1.86. The van der Waals surface area contributed by atoms with Gasteiger partial charge in [-0.25, -0.2) is 9.97 Å². The Hall–Kier alpha value is -0.830. The number of aryl methyl sites for hydroxylation is 1. The lowest BCUT2D eigenvalue weighted by molar-refractivity contribution is 0.242. The van der Waals surface area contributed by atoms with E-state index in [2.05, 4.69) is 16.8 Å². The number of piperidine rings is 1. The van der Waals surface area contributed by atoms with Crippen LogP contribution in [-0.2, 0) is 6.42 Å². The van der Waals surface area contributed by atoms with Crippen LogP contribution in [0.3, 0.4) is 0 Å². The van der Waals surface area contributed by atoms with Crippen LogP contribution in [0.1, 0.15) is 57.7 Å². The highest BCUT2D eigenvalue weighted by molar-refractivity contribution is 6.29. The average molecular weight is 294 g/mol. The van der Waals surface area contributed by atoms with Crippen LogP contribution in [0, 0.1) is 5.92 Å². The minimum Gasteiger partial charge on any atom is -0.353 e. The first-order valence-electron chi connectivity index (χ1n) is 8.08. The molecular weight excluding hydrogens is 270 g/mol. The largest absolute Gasteiger partial charge is 0.353 e. The molecule has 0 radical (unpaired) electrons. The normalized spacial score (nSPS) is 26.4. The van der Waals surface area contributed by atoms with Crippen LogP contribution < -0.4 is 4.90 Å². The van der Waals surface area contributed by atoms with Crippen LogP contribution in [0.2, 0.25) is 5.15 Å². The van der Waals surface area contributed by atoms with Gasteiger partial charge >= 0.3 is 0 Å². The molecule has 2 aliphatic rings. The van der Waals surface area contributed by atoms with Crippen molar-refractivity contribution in [2.45, 2.75) is 64.3 Å². The first-order valence-corrected chi connectivity index (χ1v) is 8.46. The van der Waals surface area contributed by atoms with E-state index in [0.29, 0.717) is 11.2 Å². The Kier molecular flexibility index (Phi) is 4.45. The second kappa shape index (κ2) is 6.30. The van der Waals surface area contributed by atoms with Crippen molar-refractivity contribution >= 4 is 17.4 Å². The highest BCUT2D eigenvalue weighted by Gasteiger charge is 2.34. The third kappa shape index (κ3) is 2.93. The molecule has 2 fully saturated rings. The average Bonchev–Trinajstić information content (AvgIpc) is 2.46. The van der Waals surface area contributed by atoms with Crippen molar-refractivity contribution in [1.82, 2.24) is 9.97 Å². The summed E-state index contributed by atoms with van der Waals surface area (Å²) < 4.78 is 0. The zero-order valence-corrected chi connectivity index (χ0v) is 13.1. The van der Waals surface area contributed by atoms with E-state index in [9.17, 15) is 0 Å². The van der Waals surface area contributed by atoms with Crippen molar-refractivity contribution < 1.29 is 0 Å². The highest BCUT2D eigenvalue weighted by Crippen LogP contribution is 2.37. The van der Waals surface area contributed by atoms with Gasteiger partial charge in [0.1, 0.15) is 16.8 Å². The van der Waals surface area contributed by atoms with Gasteiger partial charge in [-0.15, -0.1) is 0 Å². The summed E-state index contributed by atoms with van der Waals surface area (Å²) in [5, 5.41) is 0.594. The van der Waals surface area contributed by atoms with Crippen molar-refractivity contribution in [1.29, 1.82) is 0 Å². The molecule has 1 aromatic heterocycles. The molecule has 2 unspecified atom stereocenters. The molecule has 0 N–H and O–H groups in total. The Morgan fingerprint density at radius 2 is 2.00 bits per heavy atom. The van der Waals surface area contributed by atoms with Crippen molar-refractivity contribution in [3.63, 3.8) is 0 Å². The molecular formula is C16H24ClN3. The Bertz CT molecular complexity index is 461. The maximum atomic E-state index is 6.20. The van der Waals surface area contributed by atoms with E-state index in [1.807, 2.05) is 6.07 Å². The van der Waals surface area contributed by atoms with Gasteiger partial charge in [-0.3, -0.25) is 0 Å². The summed E-state index contributed by atoms with van der Waals surface area (Å²) in [5.41, 5.74) is 0. The number of rotatable bonds is 3. The third-order valence-electron chi connectivity index (χ3n) is 4.74. The second-order valence-corrected chi connectivity index (χ2v) is 6.55. The van der Waals surface area contributed by atoms with E-state index in [-0.39, 0.29) is 0 Å². The topological polar surface area (TPSA) is 29.0 Å². The SMILES string of the molecule is CCCc1nc(Cl)cc(N2CCCC3CCCCC32)n1. The molecule has 1 saturated heterocycles. The molecule has 0 aromatic carbocycles. The number of aromatic nitrogens is 2. The molecule has 20 heavy (non-hydrogen) atoms. The fourth-order valence-electron chi connectivity index (χ4n) is 3.84. The molecule has 3 rings (SSSR count). The molecule has 1 saturated carbocycles. The predicted molar refractivity (Wildman–Crippen MR) is 83.4 cm³/mol. The molecule has 0 spiro atoms. The molecule has 110 valence electrons. The number of hydrogen-bond acceptors (Lipinski definition) is 3. The number of anilines is 1. The highest BCUT2D eigenvalue weighted by atomic mass is 35.5. The van der Waals surface area contributed by atoms with Crippen molar-refractivity contribution in [2.24, 2.45) is 5.92 Å². The van der Waals surface area contributed by atoms with Gasteiger partial charge in [0.05, 0.1) is 0 Å². The summed E-state index contributed by atoms with van der Waals surface area (Å²) in [5.74, 6) is 2.82. The molecule has 2 heterocycles. The van der Waals surface area contributed by atoms with E-state index in [4.69, 9.17) is 16.6 Å². The van der Waals surface area contributed by atoms with E-state index in [1.54, 1.807) is 0 Å². The Morgan fingerprint density at radius 3 is 2.85 bits per heavy atom. The van der Waals surface area contributed by atoms with Gasteiger partial charge in [0.2, 0.25) is 0 Å². The standard InChI is InChI=1S/C16H24ClN3/c1-2-6-15-18-14(17)11-16(19-15)20-10-5-8-12-7-3-4-9-13(12)20/h11-13H,2-10H2,1H3. The summed E-state index contributed by atoms with van der Waals surface area (Å²) in [6.45, 7) is 3.28. The molecule has 4 heteroatoms. The van der Waals surface area contributed by atoms with E-state index in [1.165, 1.54) is 38.5 Å². The van der Waals surface area contributed by atoms with Gasteiger partial charge in [-0.2, -0.15) is 0 Å². The van der Waals surface area contributed by atoms with Crippen LogP contribution in [-0.4, -0.2) is 22.6 Å². The monoisotopic (exact) mass is 293 g/mol. The van der Waals surface area contributed by atoms with Crippen LogP contribution >= 0.6 is 11.6 Å². The molecule has 1 aliphatic carbocycles. The lowest BCUT2D eigenvalue weighted by atomic mass is 9.78. The zero-order valence-electron chi connectivity index (χ0n) is 12.3. The Labute approximate surface area is 126 Å². The smallest absolute Gasteiger partial charge is 0.134 e. The molecule has 0 bridgehead atoms. The van der Waals surface area contributed by atoms with Crippen LogP contribution in [0.15, 0.2) is 6.07 Å². The third-order valence-corrected chi connectivity index (χ3v) is 4.93. The fraction of sp³-hybridized carbons (Fsp3) is 0.750. The summed E-state index contributed by atoms with van der Waals surface area (Å²) >= 11 is 6.20. The molecule has 1 aromatic rings. The summed E-state index contributed by atoms with van der Waals surface area (Å²) in [6.07, 6.45) is 10.1. The number of fused-ring (bicyclic) bond motifs is 1. The fourth-order valence-corrected chi connectivity index (χ4v) is 4.04. The molecule has 2 atom stereocenters. The molecule has 1 aliphatic heterocycles. The minimum atomic E-state index is 0.594. The lowest BCUT2D eigenvalue weighted by Crippen LogP contribution is -2.47. The number of halogens is 1. The summed E-state index contributed by atoms with van der Waals surface area (Å²) in [7, 11) is 0. The summed E-state index contributed by atoms with van der Waals surface area (Å²) in [6, 6.07) is 2.63. The zero-order chi connectivity index (χ0) is 13.9. The van der Waals surface area contributed by atoms with Crippen molar-refractivity contribution in [3.8, 4) is 0 Å². The second-order valence-electron chi connectivity index (χ2n) is 6.16. The van der Waals surface area contributed by atoms with Gasteiger partial charge in [0.15, 0.2) is 0 Å². The van der Waals surface area contributed by atoms with Crippen LogP contribution in [0.4, 0.5) is 5.82 Å². The maximum absolute atomic E-state index is 6.20. The van der Waals surface area contributed by atoms with E-state index in [0.717, 1.165) is 36.9 Å². The lowest BCUT2D eigenvalue weighted by Gasteiger charge is -2.44. The van der Waals surface area contributed by atoms with Gasteiger partial charge in [0.25, 0.3) is 0 Å². The van der Waals surface area contributed by atoms with Crippen molar-refractivity contribution in [2.75, 3.05) is 11.4 Å². The summed E-state index contributed by atoms with van der Waals surface area (Å²) in [4.78, 5) is 11.6. The first kappa shape index (κ1) is 14.1. The molecule has 0 amide bonds. The number of hydrogen-bond donors (Lipinski definition) is 0.